The van der Waals surface area contributed by atoms with E-state index in [-0.39, 0.29) is 11.6 Å². The van der Waals surface area contributed by atoms with Crippen LogP contribution in [0.4, 0.5) is 0 Å². The zero-order chi connectivity index (χ0) is 12.4. The van der Waals surface area contributed by atoms with E-state index in [1.54, 1.807) is 0 Å². The number of ketones is 1. The molecule has 0 aromatic carbocycles. The summed E-state index contributed by atoms with van der Waals surface area (Å²) >= 11 is 0. The monoisotopic (exact) mass is 243 g/mol. The average Bonchev–Trinajstić information content (AvgIpc) is 2.34. The molecule has 1 N–H and O–H groups in total. The van der Waals surface area contributed by atoms with Crippen LogP contribution in [-0.2, 0) is 9.53 Å². The lowest BCUT2D eigenvalue weighted by molar-refractivity contribution is -0.118. The lowest BCUT2D eigenvalue weighted by Crippen LogP contribution is -2.43. The molecule has 0 spiro atoms. The van der Waals surface area contributed by atoms with Gasteiger partial charge in [-0.3, -0.25) is 10.1 Å². The molecule has 16 heavy (non-hydrogen) atoms. The Morgan fingerprint density at radius 3 is 2.56 bits per heavy atom. The third kappa shape index (κ3) is 4.35. The van der Waals surface area contributed by atoms with Gasteiger partial charge in [0.1, 0.15) is 0 Å². The molecule has 1 rings (SSSR count). The van der Waals surface area contributed by atoms with E-state index in [9.17, 15) is 4.79 Å². The van der Waals surface area contributed by atoms with Crippen molar-refractivity contribution in [1.82, 2.24) is 5.32 Å². The molecular formula is C12H25NO2Si. The largest absolute Gasteiger partial charge is 0.380 e. The van der Waals surface area contributed by atoms with Gasteiger partial charge in [0.15, 0.2) is 5.78 Å². The van der Waals surface area contributed by atoms with Crippen molar-refractivity contribution in [3.63, 3.8) is 0 Å². The van der Waals surface area contributed by atoms with Gasteiger partial charge in [-0.05, 0) is 19.9 Å². The van der Waals surface area contributed by atoms with Crippen LogP contribution in [0, 0.1) is 0 Å². The molecule has 0 aliphatic carbocycles. The fourth-order valence-electron chi connectivity index (χ4n) is 1.96. The minimum absolute atomic E-state index is 0.00871. The predicted molar refractivity (Wildman–Crippen MR) is 69.6 cm³/mol. The molecule has 1 fully saturated rings. The normalized spacial score (nSPS) is 31.1. The molecule has 3 nitrogen and oxygen atoms in total. The van der Waals surface area contributed by atoms with Gasteiger partial charge in [-0.15, -0.1) is 0 Å². The van der Waals surface area contributed by atoms with Gasteiger partial charge in [0.25, 0.3) is 0 Å². The summed E-state index contributed by atoms with van der Waals surface area (Å²) in [6.07, 6.45) is 0.598. The lowest BCUT2D eigenvalue weighted by atomic mass is 10.0. The highest BCUT2D eigenvalue weighted by Gasteiger charge is 2.38. The lowest BCUT2D eigenvalue weighted by Gasteiger charge is -2.25. The van der Waals surface area contributed by atoms with Crippen LogP contribution < -0.4 is 5.32 Å². The molecule has 2 atom stereocenters. The van der Waals surface area contributed by atoms with E-state index in [0.29, 0.717) is 18.8 Å². The van der Waals surface area contributed by atoms with Crippen LogP contribution in [0.2, 0.25) is 25.7 Å². The van der Waals surface area contributed by atoms with Gasteiger partial charge >= 0.3 is 0 Å². The standard InChI is InChI=1S/C12H25NO2Si/c1-10-11(14)8-12(2,13-10)9-15-6-7-16(3,4)5/h10,13H,6-9H2,1-5H3. The van der Waals surface area contributed by atoms with E-state index in [1.807, 2.05) is 6.92 Å². The van der Waals surface area contributed by atoms with Crippen molar-refractivity contribution in [1.29, 1.82) is 0 Å². The Morgan fingerprint density at radius 1 is 1.50 bits per heavy atom. The molecule has 0 amide bonds. The number of carbonyl (C=O) groups is 1. The number of hydrogen-bond acceptors (Lipinski definition) is 3. The van der Waals surface area contributed by atoms with Crippen molar-refractivity contribution >= 4 is 13.9 Å². The molecule has 94 valence electrons. The Hall–Kier alpha value is -0.193. The van der Waals surface area contributed by atoms with E-state index in [4.69, 9.17) is 4.74 Å². The molecule has 0 saturated carbocycles. The topological polar surface area (TPSA) is 38.3 Å². The molecule has 0 radical (unpaired) electrons. The van der Waals surface area contributed by atoms with Crippen LogP contribution in [0.25, 0.3) is 0 Å². The molecule has 1 aliphatic heterocycles. The first-order valence-electron chi connectivity index (χ1n) is 6.10. The second-order valence-corrected chi connectivity index (χ2v) is 12.1. The third-order valence-corrected chi connectivity index (χ3v) is 4.73. The molecule has 0 bridgehead atoms. The van der Waals surface area contributed by atoms with Crippen LogP contribution in [0.15, 0.2) is 0 Å². The summed E-state index contributed by atoms with van der Waals surface area (Å²) < 4.78 is 5.71. The molecule has 1 saturated heterocycles. The van der Waals surface area contributed by atoms with E-state index in [1.165, 1.54) is 6.04 Å². The minimum atomic E-state index is -0.998. The van der Waals surface area contributed by atoms with Crippen molar-refractivity contribution in [2.45, 2.75) is 57.5 Å². The quantitative estimate of drug-likeness (QED) is 0.593. The number of nitrogens with one attached hydrogen (secondary N) is 1. The van der Waals surface area contributed by atoms with Gasteiger partial charge in [0, 0.05) is 26.6 Å². The average molecular weight is 243 g/mol. The summed E-state index contributed by atoms with van der Waals surface area (Å²) in [5.41, 5.74) is -0.143. The van der Waals surface area contributed by atoms with Gasteiger partial charge in [0.2, 0.25) is 0 Å². The summed E-state index contributed by atoms with van der Waals surface area (Å²) in [5, 5.41) is 3.31. The summed E-state index contributed by atoms with van der Waals surface area (Å²) in [4.78, 5) is 11.5. The Kier molecular flexibility index (Phi) is 4.32. The fourth-order valence-corrected chi connectivity index (χ4v) is 2.72. The van der Waals surface area contributed by atoms with Crippen molar-refractivity contribution in [3.8, 4) is 0 Å². The second kappa shape index (κ2) is 4.98. The highest BCUT2D eigenvalue weighted by atomic mass is 28.3. The van der Waals surface area contributed by atoms with Crippen LogP contribution >= 0.6 is 0 Å². The van der Waals surface area contributed by atoms with Crippen molar-refractivity contribution in [2.75, 3.05) is 13.2 Å². The molecule has 0 aromatic rings. The first-order valence-corrected chi connectivity index (χ1v) is 9.81. The van der Waals surface area contributed by atoms with Gasteiger partial charge in [0.05, 0.1) is 12.6 Å². The molecule has 1 heterocycles. The van der Waals surface area contributed by atoms with E-state index >= 15 is 0 Å². The summed E-state index contributed by atoms with van der Waals surface area (Å²) in [6.45, 7) is 12.5. The number of rotatable bonds is 5. The maximum absolute atomic E-state index is 11.5. The number of Topliss-reactive ketones (excluding diaryl/α,β-unsaturated/α-hetero) is 1. The van der Waals surface area contributed by atoms with Crippen LogP contribution in [-0.4, -0.2) is 38.7 Å². The van der Waals surface area contributed by atoms with Gasteiger partial charge < -0.3 is 4.74 Å². The number of ether oxygens (including phenoxy) is 1. The second-order valence-electron chi connectivity index (χ2n) is 6.43. The van der Waals surface area contributed by atoms with Crippen LogP contribution in [0.5, 0.6) is 0 Å². The van der Waals surface area contributed by atoms with Crippen molar-refractivity contribution in [2.24, 2.45) is 0 Å². The highest BCUT2D eigenvalue weighted by molar-refractivity contribution is 6.76. The first-order chi connectivity index (χ1) is 7.22. The Morgan fingerprint density at radius 2 is 2.12 bits per heavy atom. The zero-order valence-corrected chi connectivity index (χ0v) is 12.2. The number of hydrogen-bond donors (Lipinski definition) is 1. The summed E-state index contributed by atoms with van der Waals surface area (Å²) in [5.74, 6) is 0.302. The molecule has 4 heteroatoms. The van der Waals surface area contributed by atoms with Gasteiger partial charge in [-0.25, -0.2) is 0 Å². The maximum atomic E-state index is 11.5. The SMILES string of the molecule is CC1NC(C)(COCC[Si](C)(C)C)CC1=O. The molecule has 0 aromatic heterocycles. The van der Waals surface area contributed by atoms with Gasteiger partial charge in [-0.2, -0.15) is 0 Å². The summed E-state index contributed by atoms with van der Waals surface area (Å²) in [7, 11) is -0.998. The molecule has 1 aliphatic rings. The van der Waals surface area contributed by atoms with Crippen LogP contribution in [0.3, 0.4) is 0 Å². The van der Waals surface area contributed by atoms with Crippen LogP contribution in [0.1, 0.15) is 20.3 Å². The van der Waals surface area contributed by atoms with Crippen molar-refractivity contribution < 1.29 is 9.53 Å². The molecule has 2 unspecified atom stereocenters. The van der Waals surface area contributed by atoms with Crippen molar-refractivity contribution in [3.05, 3.63) is 0 Å². The molecular weight excluding hydrogens is 218 g/mol. The minimum Gasteiger partial charge on any atom is -0.380 e. The fraction of sp³-hybridized carbons (Fsp3) is 0.917. The zero-order valence-electron chi connectivity index (χ0n) is 11.2. The van der Waals surface area contributed by atoms with E-state index in [2.05, 4.69) is 31.9 Å². The van der Waals surface area contributed by atoms with E-state index in [0.717, 1.165) is 6.61 Å². The Labute approximate surface area is 100.0 Å². The number of carbonyl (C=O) groups excluding carboxylic acids is 1. The predicted octanol–water partition coefficient (Wildman–Crippen LogP) is 2.05. The Balaban J connectivity index is 2.26. The Bertz CT molecular complexity index is 262. The smallest absolute Gasteiger partial charge is 0.151 e. The van der Waals surface area contributed by atoms with Gasteiger partial charge in [-0.1, -0.05) is 19.6 Å². The first kappa shape index (κ1) is 13.9. The van der Waals surface area contributed by atoms with E-state index < -0.39 is 8.07 Å². The summed E-state index contributed by atoms with van der Waals surface area (Å²) in [6, 6.07) is 1.18. The maximum Gasteiger partial charge on any atom is 0.151 e. The third-order valence-electron chi connectivity index (χ3n) is 3.03. The highest BCUT2D eigenvalue weighted by Crippen LogP contribution is 2.20.